The van der Waals surface area contributed by atoms with Crippen LogP contribution in [0.25, 0.3) is 0 Å². The Morgan fingerprint density at radius 3 is 2.55 bits per heavy atom. The van der Waals surface area contributed by atoms with E-state index >= 15 is 0 Å². The molecule has 0 aromatic heterocycles. The van der Waals surface area contributed by atoms with Crippen molar-refractivity contribution in [3.8, 4) is 0 Å². The first-order valence-corrected chi connectivity index (χ1v) is 3.77. The van der Waals surface area contributed by atoms with E-state index in [4.69, 9.17) is 0 Å². The summed E-state index contributed by atoms with van der Waals surface area (Å²) in [6, 6.07) is 0. The van der Waals surface area contributed by atoms with Crippen LogP contribution in [0.4, 0.5) is 0 Å². The van der Waals surface area contributed by atoms with Crippen LogP contribution in [-0.4, -0.2) is 30.9 Å². The van der Waals surface area contributed by atoms with Crippen LogP contribution < -0.4 is 5.32 Å². The van der Waals surface area contributed by atoms with Crippen LogP contribution >= 0.6 is 0 Å². The summed E-state index contributed by atoms with van der Waals surface area (Å²) in [4.78, 5) is 12.6. The highest BCUT2D eigenvalue weighted by atomic mass is 16.2. The minimum atomic E-state index is 0.158. The zero-order valence-corrected chi connectivity index (χ0v) is 7.05. The lowest BCUT2D eigenvalue weighted by atomic mass is 9.97. The molecule has 0 aromatic carbocycles. The standard InChI is InChI=1S/C8H14N2O/c1-6(9-3)8-4-10(5-8)7(2)11/h8-9H,1,4-5H2,2-3H3. The van der Waals surface area contributed by atoms with Crippen molar-refractivity contribution in [2.24, 2.45) is 5.92 Å². The molecule has 62 valence electrons. The first kappa shape index (κ1) is 8.11. The molecule has 1 fully saturated rings. The quantitative estimate of drug-likeness (QED) is 0.616. The van der Waals surface area contributed by atoms with Crippen molar-refractivity contribution in [2.75, 3.05) is 20.1 Å². The molecule has 1 N–H and O–H groups in total. The summed E-state index contributed by atoms with van der Waals surface area (Å²) >= 11 is 0. The largest absolute Gasteiger partial charge is 0.392 e. The van der Waals surface area contributed by atoms with Gasteiger partial charge >= 0.3 is 0 Å². The van der Waals surface area contributed by atoms with Gasteiger partial charge in [-0.15, -0.1) is 0 Å². The van der Waals surface area contributed by atoms with Gasteiger partial charge in [-0.2, -0.15) is 0 Å². The number of carbonyl (C=O) groups excluding carboxylic acids is 1. The molecule has 3 nitrogen and oxygen atoms in total. The van der Waals surface area contributed by atoms with Crippen LogP contribution in [0.3, 0.4) is 0 Å². The van der Waals surface area contributed by atoms with Crippen LogP contribution in [0.2, 0.25) is 0 Å². The Kier molecular flexibility index (Phi) is 2.17. The highest BCUT2D eigenvalue weighted by Gasteiger charge is 2.29. The van der Waals surface area contributed by atoms with Gasteiger partial charge in [0.05, 0.1) is 0 Å². The highest BCUT2D eigenvalue weighted by Crippen LogP contribution is 2.19. The molecule has 11 heavy (non-hydrogen) atoms. The summed E-state index contributed by atoms with van der Waals surface area (Å²) < 4.78 is 0. The second kappa shape index (κ2) is 2.95. The molecule has 3 heteroatoms. The molecule has 0 saturated carbocycles. The third-order valence-electron chi connectivity index (χ3n) is 2.14. The van der Waals surface area contributed by atoms with E-state index in [1.165, 1.54) is 0 Å². The Hall–Kier alpha value is -0.990. The zero-order valence-electron chi connectivity index (χ0n) is 7.05. The van der Waals surface area contributed by atoms with Gasteiger partial charge in [-0.1, -0.05) is 6.58 Å². The lowest BCUT2D eigenvalue weighted by Gasteiger charge is -2.39. The molecule has 1 heterocycles. The maximum atomic E-state index is 10.8. The van der Waals surface area contributed by atoms with E-state index in [9.17, 15) is 4.79 Å². The van der Waals surface area contributed by atoms with Crippen LogP contribution in [0.5, 0.6) is 0 Å². The van der Waals surface area contributed by atoms with Crippen molar-refractivity contribution in [1.29, 1.82) is 0 Å². The monoisotopic (exact) mass is 154 g/mol. The van der Waals surface area contributed by atoms with Crippen molar-refractivity contribution in [3.63, 3.8) is 0 Å². The van der Waals surface area contributed by atoms with Gasteiger partial charge in [-0.25, -0.2) is 0 Å². The van der Waals surface area contributed by atoms with E-state index in [0.29, 0.717) is 5.92 Å². The summed E-state index contributed by atoms with van der Waals surface area (Å²) in [5, 5.41) is 2.99. The van der Waals surface area contributed by atoms with E-state index in [-0.39, 0.29) is 5.91 Å². The van der Waals surface area contributed by atoms with E-state index in [0.717, 1.165) is 18.8 Å². The summed E-state index contributed by atoms with van der Waals surface area (Å²) in [5.74, 6) is 0.619. The van der Waals surface area contributed by atoms with Gasteiger partial charge < -0.3 is 10.2 Å². The van der Waals surface area contributed by atoms with Crippen molar-refractivity contribution < 1.29 is 4.79 Å². The Balaban J connectivity index is 2.29. The Labute approximate surface area is 67.1 Å². The number of amides is 1. The first-order chi connectivity index (χ1) is 5.15. The maximum absolute atomic E-state index is 10.8. The summed E-state index contributed by atoms with van der Waals surface area (Å²) in [6.07, 6.45) is 0. The molecule has 1 aliphatic rings. The minimum Gasteiger partial charge on any atom is -0.392 e. The average Bonchev–Trinajstić information content (AvgIpc) is 1.83. The van der Waals surface area contributed by atoms with Gasteiger partial charge in [0.15, 0.2) is 0 Å². The van der Waals surface area contributed by atoms with E-state index in [1.54, 1.807) is 6.92 Å². The second-order valence-electron chi connectivity index (χ2n) is 2.90. The van der Waals surface area contributed by atoms with Crippen LogP contribution in [0, 0.1) is 5.92 Å². The smallest absolute Gasteiger partial charge is 0.219 e. The number of hydrogen-bond donors (Lipinski definition) is 1. The first-order valence-electron chi connectivity index (χ1n) is 3.77. The SMILES string of the molecule is C=C(NC)C1CN(C(C)=O)C1. The van der Waals surface area contributed by atoms with Crippen LogP contribution in [0.1, 0.15) is 6.92 Å². The predicted molar refractivity (Wildman–Crippen MR) is 43.9 cm³/mol. The topological polar surface area (TPSA) is 32.3 Å². The van der Waals surface area contributed by atoms with Crippen molar-refractivity contribution in [3.05, 3.63) is 12.3 Å². The fraction of sp³-hybridized carbons (Fsp3) is 0.625. The molecule has 0 unspecified atom stereocenters. The van der Waals surface area contributed by atoms with Crippen LogP contribution in [0.15, 0.2) is 12.3 Å². The van der Waals surface area contributed by atoms with Crippen molar-refractivity contribution in [1.82, 2.24) is 10.2 Å². The Morgan fingerprint density at radius 2 is 2.18 bits per heavy atom. The van der Waals surface area contributed by atoms with Gasteiger partial charge in [0.1, 0.15) is 0 Å². The molecule has 0 atom stereocenters. The lowest BCUT2D eigenvalue weighted by molar-refractivity contribution is -0.134. The molecule has 0 aromatic rings. The predicted octanol–water partition coefficient (Wildman–Crippen LogP) is 0.198. The molecular formula is C8H14N2O. The van der Waals surface area contributed by atoms with Crippen molar-refractivity contribution in [2.45, 2.75) is 6.92 Å². The molecule has 1 saturated heterocycles. The Morgan fingerprint density at radius 1 is 1.64 bits per heavy atom. The van der Waals surface area contributed by atoms with Gasteiger partial charge in [0.25, 0.3) is 0 Å². The molecule has 0 spiro atoms. The number of likely N-dealkylation sites (tertiary alicyclic amines) is 1. The number of nitrogens with zero attached hydrogens (tertiary/aromatic N) is 1. The summed E-state index contributed by atoms with van der Waals surface area (Å²) in [7, 11) is 1.86. The van der Waals surface area contributed by atoms with Gasteiger partial charge in [0, 0.05) is 38.7 Å². The highest BCUT2D eigenvalue weighted by molar-refractivity contribution is 5.74. The molecule has 1 rings (SSSR count). The van der Waals surface area contributed by atoms with Gasteiger partial charge in [-0.05, 0) is 0 Å². The molecular weight excluding hydrogens is 140 g/mol. The van der Waals surface area contributed by atoms with Gasteiger partial charge in [-0.3, -0.25) is 4.79 Å². The number of hydrogen-bond acceptors (Lipinski definition) is 2. The van der Waals surface area contributed by atoms with Gasteiger partial charge in [0.2, 0.25) is 5.91 Å². The van der Waals surface area contributed by atoms with E-state index in [2.05, 4.69) is 11.9 Å². The van der Waals surface area contributed by atoms with E-state index in [1.807, 2.05) is 11.9 Å². The van der Waals surface area contributed by atoms with Crippen molar-refractivity contribution >= 4 is 5.91 Å². The second-order valence-corrected chi connectivity index (χ2v) is 2.90. The molecule has 0 aliphatic carbocycles. The normalized spacial score (nSPS) is 17.5. The summed E-state index contributed by atoms with van der Waals surface area (Å²) in [6.45, 7) is 7.09. The van der Waals surface area contributed by atoms with E-state index < -0.39 is 0 Å². The maximum Gasteiger partial charge on any atom is 0.219 e. The fourth-order valence-electron chi connectivity index (χ4n) is 1.16. The molecule has 0 radical (unpaired) electrons. The summed E-state index contributed by atoms with van der Waals surface area (Å²) in [5.41, 5.74) is 1.03. The lowest BCUT2D eigenvalue weighted by Crippen LogP contribution is -2.51. The minimum absolute atomic E-state index is 0.158. The fourth-order valence-corrected chi connectivity index (χ4v) is 1.16. The number of rotatable bonds is 2. The molecule has 0 bridgehead atoms. The third kappa shape index (κ3) is 1.53. The zero-order chi connectivity index (χ0) is 8.43. The molecule has 1 amide bonds. The molecule has 1 aliphatic heterocycles. The average molecular weight is 154 g/mol. The third-order valence-corrected chi connectivity index (χ3v) is 2.14. The van der Waals surface area contributed by atoms with Crippen LogP contribution in [-0.2, 0) is 4.79 Å². The Bertz CT molecular complexity index is 183. The number of carbonyl (C=O) groups is 1. The number of nitrogens with one attached hydrogen (secondary N) is 1.